The molecular formula is C36H28N6. The summed E-state index contributed by atoms with van der Waals surface area (Å²) in [6.07, 6.45) is 1.88. The number of hydrogen-bond acceptors (Lipinski definition) is 4. The normalized spacial score (nSPS) is 12.2. The third kappa shape index (κ3) is 3.72. The molecular weight excluding hydrogens is 516 g/mol. The molecule has 4 aromatic carbocycles. The summed E-state index contributed by atoms with van der Waals surface area (Å²) in [5, 5.41) is 4.63. The molecule has 0 spiro atoms. The summed E-state index contributed by atoms with van der Waals surface area (Å²) in [6.45, 7) is 6.50. The first-order valence-corrected chi connectivity index (χ1v) is 14.2. The summed E-state index contributed by atoms with van der Waals surface area (Å²) in [5.41, 5.74) is 5.99. The lowest BCUT2D eigenvalue weighted by Gasteiger charge is -2.17. The van der Waals surface area contributed by atoms with Crippen molar-refractivity contribution >= 4 is 43.6 Å². The predicted octanol–water partition coefficient (Wildman–Crippen LogP) is 8.43. The van der Waals surface area contributed by atoms with Crippen molar-refractivity contribution in [2.75, 3.05) is 0 Å². The number of benzene rings is 4. The number of hydrogen-bond donors (Lipinski definition) is 0. The van der Waals surface area contributed by atoms with Crippen LogP contribution in [0.2, 0.25) is 0 Å². The molecule has 0 saturated heterocycles. The van der Waals surface area contributed by atoms with E-state index < -0.39 is 0 Å². The molecule has 42 heavy (non-hydrogen) atoms. The van der Waals surface area contributed by atoms with Gasteiger partial charge in [0, 0.05) is 44.4 Å². The molecule has 0 N–H and O–H groups in total. The van der Waals surface area contributed by atoms with Crippen LogP contribution in [-0.4, -0.2) is 29.1 Å². The van der Waals surface area contributed by atoms with Crippen molar-refractivity contribution in [3.8, 4) is 23.3 Å². The van der Waals surface area contributed by atoms with Gasteiger partial charge in [-0.3, -0.25) is 14.1 Å². The van der Waals surface area contributed by atoms with Crippen molar-refractivity contribution in [2.24, 2.45) is 0 Å². The minimum absolute atomic E-state index is 0.0557. The molecule has 8 aromatic rings. The van der Waals surface area contributed by atoms with E-state index in [9.17, 15) is 0 Å². The number of pyridine rings is 1. The molecule has 0 radical (unpaired) electrons. The van der Waals surface area contributed by atoms with Crippen LogP contribution in [0.25, 0.3) is 66.9 Å². The van der Waals surface area contributed by atoms with Crippen molar-refractivity contribution in [1.82, 2.24) is 29.1 Å². The monoisotopic (exact) mass is 544 g/mol. The van der Waals surface area contributed by atoms with Gasteiger partial charge < -0.3 is 0 Å². The molecule has 0 bridgehead atoms. The average molecular weight is 545 g/mol. The van der Waals surface area contributed by atoms with E-state index in [-0.39, 0.29) is 5.41 Å². The maximum absolute atomic E-state index is 5.18. The van der Waals surface area contributed by atoms with E-state index in [1.54, 1.807) is 0 Å². The van der Waals surface area contributed by atoms with Crippen molar-refractivity contribution in [3.63, 3.8) is 0 Å². The summed E-state index contributed by atoms with van der Waals surface area (Å²) in [6, 6.07) is 37.8. The number of para-hydroxylation sites is 4. The maximum atomic E-state index is 5.18. The Bertz CT molecular complexity index is 2050. The van der Waals surface area contributed by atoms with Gasteiger partial charge in [-0.1, -0.05) is 93.6 Å². The Morgan fingerprint density at radius 3 is 1.24 bits per heavy atom. The largest absolute Gasteiger partial charge is 0.278 e. The topological polar surface area (TPSA) is 61.4 Å². The van der Waals surface area contributed by atoms with Crippen LogP contribution in [0.15, 0.2) is 115 Å². The van der Waals surface area contributed by atoms with Crippen molar-refractivity contribution in [3.05, 3.63) is 121 Å². The number of rotatable bonds is 3. The van der Waals surface area contributed by atoms with Gasteiger partial charge in [-0.05, 0) is 36.4 Å². The van der Waals surface area contributed by atoms with Crippen molar-refractivity contribution in [1.29, 1.82) is 0 Å². The molecule has 0 atom stereocenters. The average Bonchev–Trinajstić information content (AvgIpc) is 3.54. The van der Waals surface area contributed by atoms with Crippen LogP contribution in [-0.2, 0) is 5.41 Å². The van der Waals surface area contributed by atoms with Gasteiger partial charge in [-0.15, -0.1) is 0 Å². The molecule has 202 valence electrons. The van der Waals surface area contributed by atoms with Crippen molar-refractivity contribution in [2.45, 2.75) is 26.2 Å². The summed E-state index contributed by atoms with van der Waals surface area (Å²) in [5.74, 6) is 1.70. The second-order valence-corrected chi connectivity index (χ2v) is 11.7. The van der Waals surface area contributed by atoms with Gasteiger partial charge in [0.15, 0.2) is 5.82 Å². The number of aromatic nitrogens is 6. The molecule has 0 amide bonds. The molecule has 8 rings (SSSR count). The highest BCUT2D eigenvalue weighted by Crippen LogP contribution is 2.34. The molecule has 0 unspecified atom stereocenters. The lowest BCUT2D eigenvalue weighted by Crippen LogP contribution is -2.13. The SMILES string of the molecule is CC(C)(C)c1ccc(-c2nc(-n3c4ccccc4c4ccccc43)nc(-n3c4ccccc4c4ccccc43)n2)cn1. The van der Waals surface area contributed by atoms with Gasteiger partial charge in [-0.25, -0.2) is 0 Å². The van der Waals surface area contributed by atoms with Crippen LogP contribution in [0.3, 0.4) is 0 Å². The van der Waals surface area contributed by atoms with Gasteiger partial charge in [-0.2, -0.15) is 15.0 Å². The number of fused-ring (bicyclic) bond motifs is 6. The van der Waals surface area contributed by atoms with E-state index in [1.165, 1.54) is 0 Å². The zero-order valence-electron chi connectivity index (χ0n) is 23.7. The fraction of sp³-hybridized carbons (Fsp3) is 0.111. The van der Waals surface area contributed by atoms with Crippen LogP contribution in [0.1, 0.15) is 26.5 Å². The van der Waals surface area contributed by atoms with E-state index in [0.717, 1.165) is 54.9 Å². The van der Waals surface area contributed by atoms with E-state index in [1.807, 2.05) is 6.20 Å². The molecule has 0 aliphatic rings. The molecule has 0 fully saturated rings. The summed E-state index contributed by atoms with van der Waals surface area (Å²) in [7, 11) is 0. The smallest absolute Gasteiger partial charge is 0.240 e. The van der Waals surface area contributed by atoms with Gasteiger partial charge in [0.25, 0.3) is 0 Å². The quantitative estimate of drug-likeness (QED) is 0.224. The standard InChI is InChI=1S/C36H28N6/c1-36(2,3)32-21-20-23(22-37-32)33-38-34(41-28-16-8-4-12-24(28)25-13-5-9-17-29(25)41)40-35(39-33)42-30-18-10-6-14-26(30)27-15-7-11-19-31(27)42/h4-22H,1-3H3. The van der Waals surface area contributed by atoms with E-state index in [2.05, 4.69) is 139 Å². The number of nitrogens with zero attached hydrogens (tertiary/aromatic N) is 6. The first-order chi connectivity index (χ1) is 20.5. The Labute approximate surface area is 243 Å². The minimum atomic E-state index is -0.0557. The molecule has 6 nitrogen and oxygen atoms in total. The summed E-state index contributed by atoms with van der Waals surface area (Å²) < 4.78 is 4.29. The fourth-order valence-corrected chi connectivity index (χ4v) is 5.93. The Kier molecular flexibility index (Phi) is 5.28. The van der Waals surface area contributed by atoms with Gasteiger partial charge >= 0.3 is 0 Å². The third-order valence-corrected chi connectivity index (χ3v) is 7.96. The maximum Gasteiger partial charge on any atom is 0.240 e. The highest BCUT2D eigenvalue weighted by Gasteiger charge is 2.21. The van der Waals surface area contributed by atoms with E-state index in [4.69, 9.17) is 19.9 Å². The second kappa shape index (κ2) is 9.08. The van der Waals surface area contributed by atoms with Crippen LogP contribution < -0.4 is 0 Å². The Morgan fingerprint density at radius 1 is 0.476 bits per heavy atom. The van der Waals surface area contributed by atoms with Gasteiger partial charge in [0.1, 0.15) is 0 Å². The highest BCUT2D eigenvalue weighted by atomic mass is 15.3. The molecule has 4 heterocycles. The molecule has 0 aliphatic carbocycles. The molecule has 0 saturated carbocycles. The van der Waals surface area contributed by atoms with Crippen LogP contribution in [0.5, 0.6) is 0 Å². The first kappa shape index (κ1) is 24.4. The zero-order chi connectivity index (χ0) is 28.4. The lowest BCUT2D eigenvalue weighted by molar-refractivity contribution is 0.569. The lowest BCUT2D eigenvalue weighted by atomic mass is 9.91. The summed E-state index contributed by atoms with van der Waals surface area (Å²) >= 11 is 0. The highest BCUT2D eigenvalue weighted by molar-refractivity contribution is 6.10. The van der Waals surface area contributed by atoms with Crippen LogP contribution in [0.4, 0.5) is 0 Å². The molecule has 6 heteroatoms. The minimum Gasteiger partial charge on any atom is -0.278 e. The Morgan fingerprint density at radius 2 is 0.881 bits per heavy atom. The van der Waals surface area contributed by atoms with Gasteiger partial charge in [0.05, 0.1) is 22.1 Å². The zero-order valence-corrected chi connectivity index (χ0v) is 23.7. The predicted molar refractivity (Wildman–Crippen MR) is 170 cm³/mol. The Hall–Kier alpha value is -5.36. The molecule has 0 aliphatic heterocycles. The molecule has 4 aromatic heterocycles. The van der Waals surface area contributed by atoms with Gasteiger partial charge in [0.2, 0.25) is 11.9 Å². The fourth-order valence-electron chi connectivity index (χ4n) is 5.93. The third-order valence-electron chi connectivity index (χ3n) is 7.96. The van der Waals surface area contributed by atoms with Crippen LogP contribution >= 0.6 is 0 Å². The first-order valence-electron chi connectivity index (χ1n) is 14.2. The van der Waals surface area contributed by atoms with Crippen molar-refractivity contribution < 1.29 is 0 Å². The Balaban J connectivity index is 1.46. The van der Waals surface area contributed by atoms with Crippen LogP contribution in [0, 0.1) is 0 Å². The van der Waals surface area contributed by atoms with E-state index in [0.29, 0.717) is 17.7 Å². The second-order valence-electron chi connectivity index (χ2n) is 11.7. The summed E-state index contributed by atoms with van der Waals surface area (Å²) in [4.78, 5) is 20.2. The van der Waals surface area contributed by atoms with E-state index >= 15 is 0 Å².